The lowest BCUT2D eigenvalue weighted by atomic mass is 9.49. The average molecular weight is 653 g/mol. The maximum absolute atomic E-state index is 5.17. The standard InChI is InChI=1S/C46H33BN4/c1-46(2)37-21-10-9-20-35(37)41-38(46)24-25-39-42(41)36-23-22-34(29-40(36)51-27-12-11-26-47(39)51)45-49-43(31-16-7-4-8-17-31)48-44(50-45)33-19-13-18-32(28-33)30-14-5-3-6-15-30/h3-29H,1-2H3. The minimum atomic E-state index is -0.0760. The van der Waals surface area contributed by atoms with Gasteiger partial charge >= 0.3 is 6.85 Å². The van der Waals surface area contributed by atoms with Crippen molar-refractivity contribution < 1.29 is 0 Å². The molecule has 0 bridgehead atoms. The van der Waals surface area contributed by atoms with Crippen molar-refractivity contribution in [1.29, 1.82) is 0 Å². The van der Waals surface area contributed by atoms with Crippen LogP contribution in [0, 0.1) is 0 Å². The number of allylic oxidation sites excluding steroid dienone is 2. The SMILES string of the molecule is CC1(C)c2ccccc2-c2c1ccc1c2-c2ccc(-c3nc(-c4ccccc4)nc(-c4cccc(-c5ccccc5)c4)n3)cc2N2C=CC=CB12. The lowest BCUT2D eigenvalue weighted by Gasteiger charge is -2.37. The zero-order valence-corrected chi connectivity index (χ0v) is 28.5. The fourth-order valence-electron chi connectivity index (χ4n) is 8.24. The van der Waals surface area contributed by atoms with E-state index in [0.717, 1.165) is 33.5 Å². The van der Waals surface area contributed by atoms with Gasteiger partial charge in [0.2, 0.25) is 0 Å². The van der Waals surface area contributed by atoms with Gasteiger partial charge in [0, 0.05) is 33.4 Å². The molecular weight excluding hydrogens is 619 g/mol. The number of fused-ring (bicyclic) bond motifs is 10. The van der Waals surface area contributed by atoms with E-state index in [4.69, 9.17) is 15.0 Å². The number of hydrogen-bond acceptors (Lipinski definition) is 4. The molecule has 10 rings (SSSR count). The highest BCUT2D eigenvalue weighted by molar-refractivity contribution is 6.84. The smallest absolute Gasteiger partial charge is 0.320 e. The second-order valence-electron chi connectivity index (χ2n) is 14.1. The first-order valence-electron chi connectivity index (χ1n) is 17.6. The van der Waals surface area contributed by atoms with Crippen LogP contribution in [-0.4, -0.2) is 21.8 Å². The highest BCUT2D eigenvalue weighted by atomic mass is 15.1. The summed E-state index contributed by atoms with van der Waals surface area (Å²) in [5, 5.41) is 0. The maximum Gasteiger partial charge on any atom is 0.320 e. The third-order valence-electron chi connectivity index (χ3n) is 10.7. The molecule has 5 heteroatoms. The molecule has 240 valence electrons. The van der Waals surface area contributed by atoms with E-state index in [1.807, 2.05) is 24.3 Å². The van der Waals surface area contributed by atoms with Crippen LogP contribution in [0.2, 0.25) is 0 Å². The number of hydrogen-bond donors (Lipinski definition) is 0. The molecule has 0 saturated carbocycles. The summed E-state index contributed by atoms with van der Waals surface area (Å²) >= 11 is 0. The van der Waals surface area contributed by atoms with Crippen LogP contribution in [0.5, 0.6) is 0 Å². The van der Waals surface area contributed by atoms with Gasteiger partial charge in [-0.05, 0) is 68.8 Å². The molecule has 4 nitrogen and oxygen atoms in total. The Labute approximate surface area is 298 Å². The largest absolute Gasteiger partial charge is 0.383 e. The van der Waals surface area contributed by atoms with E-state index in [9.17, 15) is 0 Å². The fourth-order valence-corrected chi connectivity index (χ4v) is 8.24. The Balaban J connectivity index is 1.17. The average Bonchev–Trinajstić information content (AvgIpc) is 3.44. The van der Waals surface area contributed by atoms with Crippen LogP contribution in [0.25, 0.3) is 67.5 Å². The van der Waals surface area contributed by atoms with Crippen molar-refractivity contribution in [3.63, 3.8) is 0 Å². The van der Waals surface area contributed by atoms with Crippen LogP contribution in [0.15, 0.2) is 164 Å². The van der Waals surface area contributed by atoms with Crippen molar-refractivity contribution in [3.8, 4) is 67.5 Å². The minimum Gasteiger partial charge on any atom is -0.383 e. The molecule has 0 unspecified atom stereocenters. The van der Waals surface area contributed by atoms with Crippen molar-refractivity contribution in [1.82, 2.24) is 15.0 Å². The molecule has 3 heterocycles. The van der Waals surface area contributed by atoms with Gasteiger partial charge in [0.15, 0.2) is 17.5 Å². The summed E-state index contributed by atoms with van der Waals surface area (Å²) in [5.41, 5.74) is 15.5. The molecule has 7 aromatic rings. The number of anilines is 1. The van der Waals surface area contributed by atoms with Crippen molar-refractivity contribution in [3.05, 3.63) is 175 Å². The molecule has 0 fully saturated rings. The predicted molar refractivity (Wildman–Crippen MR) is 211 cm³/mol. The van der Waals surface area contributed by atoms with Gasteiger partial charge in [-0.1, -0.05) is 153 Å². The van der Waals surface area contributed by atoms with Crippen LogP contribution in [0.3, 0.4) is 0 Å². The third kappa shape index (κ3) is 4.65. The molecule has 51 heavy (non-hydrogen) atoms. The second kappa shape index (κ2) is 11.4. The van der Waals surface area contributed by atoms with E-state index >= 15 is 0 Å². The quantitative estimate of drug-likeness (QED) is 0.178. The first kappa shape index (κ1) is 29.6. The second-order valence-corrected chi connectivity index (χ2v) is 14.1. The van der Waals surface area contributed by atoms with Crippen molar-refractivity contribution in [2.75, 3.05) is 4.81 Å². The van der Waals surface area contributed by atoms with Crippen LogP contribution in [0.4, 0.5) is 5.69 Å². The summed E-state index contributed by atoms with van der Waals surface area (Å²) in [4.78, 5) is 17.7. The van der Waals surface area contributed by atoms with Gasteiger partial charge in [-0.15, -0.1) is 0 Å². The summed E-state index contributed by atoms with van der Waals surface area (Å²) in [6.45, 7) is 4.79. The van der Waals surface area contributed by atoms with Crippen LogP contribution in [0.1, 0.15) is 25.0 Å². The summed E-state index contributed by atoms with van der Waals surface area (Å²) < 4.78 is 0. The van der Waals surface area contributed by atoms with E-state index < -0.39 is 0 Å². The van der Waals surface area contributed by atoms with E-state index in [-0.39, 0.29) is 12.3 Å². The summed E-state index contributed by atoms with van der Waals surface area (Å²) in [6, 6.07) is 49.5. The highest BCUT2D eigenvalue weighted by Gasteiger charge is 2.42. The van der Waals surface area contributed by atoms with Crippen molar-refractivity contribution >= 4 is 18.0 Å². The molecule has 0 amide bonds. The molecule has 1 aliphatic carbocycles. The Bertz CT molecular complexity index is 2570. The van der Waals surface area contributed by atoms with E-state index in [2.05, 4.69) is 158 Å². The Morgan fingerprint density at radius 3 is 1.92 bits per heavy atom. The Hall–Kier alpha value is -6.33. The first-order chi connectivity index (χ1) is 25.0. The number of rotatable bonds is 4. The molecule has 1 aromatic heterocycles. The molecule has 3 aliphatic rings. The third-order valence-corrected chi connectivity index (χ3v) is 10.7. The molecule has 0 atom stereocenters. The summed E-state index contributed by atoms with van der Waals surface area (Å²) in [7, 11) is 0. The predicted octanol–water partition coefficient (Wildman–Crippen LogP) is 10.2. The minimum absolute atomic E-state index is 0.0760. The zero-order valence-electron chi connectivity index (χ0n) is 28.5. The number of benzene rings is 6. The molecular formula is C46H33BN4. The fraction of sp³-hybridized carbons (Fsp3) is 0.0652. The Kier molecular flexibility index (Phi) is 6.59. The van der Waals surface area contributed by atoms with Crippen molar-refractivity contribution in [2.24, 2.45) is 0 Å². The van der Waals surface area contributed by atoms with E-state index in [1.54, 1.807) is 0 Å². The van der Waals surface area contributed by atoms with Crippen molar-refractivity contribution in [2.45, 2.75) is 19.3 Å². The van der Waals surface area contributed by atoms with Gasteiger partial charge in [0.1, 0.15) is 0 Å². The summed E-state index contributed by atoms with van der Waals surface area (Å²) in [5.74, 6) is 4.26. The monoisotopic (exact) mass is 652 g/mol. The van der Waals surface area contributed by atoms with Gasteiger partial charge in [-0.25, -0.2) is 15.0 Å². The molecule has 0 saturated heterocycles. The molecule has 2 aliphatic heterocycles. The van der Waals surface area contributed by atoms with E-state index in [1.165, 1.54) is 38.8 Å². The molecule has 0 N–H and O–H groups in total. The van der Waals surface area contributed by atoms with Gasteiger partial charge in [-0.3, -0.25) is 0 Å². The number of nitrogens with zero attached hydrogens (tertiary/aromatic N) is 4. The lowest BCUT2D eigenvalue weighted by Crippen LogP contribution is -2.49. The molecule has 0 radical (unpaired) electrons. The zero-order chi connectivity index (χ0) is 34.1. The molecule has 0 spiro atoms. The highest BCUT2D eigenvalue weighted by Crippen LogP contribution is 2.54. The van der Waals surface area contributed by atoms with Gasteiger partial charge in [-0.2, -0.15) is 0 Å². The van der Waals surface area contributed by atoms with Gasteiger partial charge in [0.25, 0.3) is 0 Å². The Morgan fingerprint density at radius 2 is 1.14 bits per heavy atom. The topological polar surface area (TPSA) is 41.9 Å². The first-order valence-corrected chi connectivity index (χ1v) is 17.6. The van der Waals surface area contributed by atoms with Crippen LogP contribution < -0.4 is 10.3 Å². The molecule has 6 aromatic carbocycles. The van der Waals surface area contributed by atoms with Crippen LogP contribution in [-0.2, 0) is 5.41 Å². The Morgan fingerprint density at radius 1 is 0.490 bits per heavy atom. The normalized spacial score (nSPS) is 14.4. The summed E-state index contributed by atoms with van der Waals surface area (Å²) in [6.07, 6.45) is 6.49. The number of aromatic nitrogens is 3. The van der Waals surface area contributed by atoms with Crippen LogP contribution >= 0.6 is 0 Å². The van der Waals surface area contributed by atoms with E-state index in [0.29, 0.717) is 17.5 Å². The van der Waals surface area contributed by atoms with Gasteiger partial charge in [0.05, 0.1) is 0 Å². The maximum atomic E-state index is 5.17. The van der Waals surface area contributed by atoms with Gasteiger partial charge < -0.3 is 4.81 Å². The lowest BCUT2D eigenvalue weighted by molar-refractivity contribution is 0.660.